The van der Waals surface area contributed by atoms with Crippen molar-refractivity contribution in [2.45, 2.75) is 31.6 Å². The van der Waals surface area contributed by atoms with Crippen LogP contribution in [-0.2, 0) is 15.9 Å². The van der Waals surface area contributed by atoms with Gasteiger partial charge in [0.15, 0.2) is 10.6 Å². The Morgan fingerprint density at radius 1 is 1.37 bits per heavy atom. The van der Waals surface area contributed by atoms with Crippen LogP contribution in [0.15, 0.2) is 18.5 Å². The molecule has 10 nitrogen and oxygen atoms in total. The number of aliphatic hydroxyl groups excluding tert-OH is 1. The second-order valence-electron chi connectivity index (χ2n) is 6.44. The Morgan fingerprint density at radius 3 is 2.52 bits per heavy atom. The van der Waals surface area contributed by atoms with Gasteiger partial charge < -0.3 is 20.7 Å². The van der Waals surface area contributed by atoms with Crippen LogP contribution in [-0.4, -0.2) is 54.5 Å². The smallest absolute Gasteiger partial charge is 0.319 e. The predicted octanol–water partition coefficient (Wildman–Crippen LogP) is 0.831. The summed E-state index contributed by atoms with van der Waals surface area (Å²) >= 11 is -1.18. The molecule has 0 aliphatic carbocycles. The van der Waals surface area contributed by atoms with E-state index in [1.54, 1.807) is 19.2 Å². The van der Waals surface area contributed by atoms with Crippen LogP contribution in [0.25, 0.3) is 11.4 Å². The van der Waals surface area contributed by atoms with Gasteiger partial charge in [-0.1, -0.05) is 0 Å². The Balaban J connectivity index is 2.47. The average molecular weight is 393 g/mol. The molecular weight excluding hydrogens is 370 g/mol. The molecule has 0 spiro atoms. The number of aromatic nitrogens is 4. The number of rotatable bonds is 7. The molecule has 2 aromatic rings. The van der Waals surface area contributed by atoms with Gasteiger partial charge in [-0.15, -0.1) is 0 Å². The van der Waals surface area contributed by atoms with E-state index in [0.29, 0.717) is 22.9 Å². The first-order valence-corrected chi connectivity index (χ1v) is 9.68. The molecule has 2 aromatic heterocycles. The molecule has 0 radical (unpaired) electrons. The van der Waals surface area contributed by atoms with Crippen LogP contribution in [0.3, 0.4) is 0 Å². The third kappa shape index (κ3) is 5.25. The van der Waals surface area contributed by atoms with Crippen molar-refractivity contribution in [3.8, 4) is 11.4 Å². The maximum Gasteiger partial charge on any atom is 0.319 e. The summed E-state index contributed by atoms with van der Waals surface area (Å²) in [6.07, 6.45) is 4.51. The van der Waals surface area contributed by atoms with Crippen molar-refractivity contribution in [1.82, 2.24) is 19.9 Å². The topological polar surface area (TPSA) is 162 Å². The summed E-state index contributed by atoms with van der Waals surface area (Å²) in [5.74, 6) is 0.864. The average Bonchev–Trinajstić information content (AvgIpc) is 2.61. The zero-order chi connectivity index (χ0) is 20.2. The lowest BCUT2D eigenvalue weighted by atomic mass is 10.1. The number of nitrogens with two attached hydrogens (primary N) is 1. The minimum atomic E-state index is -1.18. The van der Waals surface area contributed by atoms with Crippen LogP contribution in [0.1, 0.15) is 26.5 Å². The number of hydrogen-bond donors (Lipinski definition) is 4. The van der Waals surface area contributed by atoms with Crippen molar-refractivity contribution in [2.24, 2.45) is 5.73 Å². The van der Waals surface area contributed by atoms with Crippen LogP contribution in [0.2, 0.25) is 0 Å². The zero-order valence-corrected chi connectivity index (χ0v) is 16.4. The summed E-state index contributed by atoms with van der Waals surface area (Å²) in [6, 6.07) is 0.716. The fraction of sp³-hybridized carbons (Fsp3) is 0.438. The lowest BCUT2D eigenvalue weighted by Crippen LogP contribution is -2.30. The van der Waals surface area contributed by atoms with Crippen LogP contribution in [0.4, 0.5) is 16.6 Å². The molecule has 11 heteroatoms. The first-order valence-electron chi connectivity index (χ1n) is 8.13. The minimum absolute atomic E-state index is 0.0599. The van der Waals surface area contributed by atoms with E-state index in [2.05, 4.69) is 30.6 Å². The first-order chi connectivity index (χ1) is 12.6. The van der Waals surface area contributed by atoms with Crippen molar-refractivity contribution in [1.29, 1.82) is 0 Å². The van der Waals surface area contributed by atoms with E-state index in [4.69, 9.17) is 5.73 Å². The summed E-state index contributed by atoms with van der Waals surface area (Å²) < 4.78 is 11.4. The Hall–Kier alpha value is -2.50. The number of urea groups is 1. The van der Waals surface area contributed by atoms with Gasteiger partial charge in [0.1, 0.15) is 11.5 Å². The SMILES string of the molecule is C[C@@H](CO)Nc1cc(C(C)(C)[S+](C)[O-])nc(-c2cnc(NC(N)=O)nc2)n1. The molecular formula is C16H23N7O3S. The zero-order valence-electron chi connectivity index (χ0n) is 15.6. The monoisotopic (exact) mass is 393 g/mol. The first kappa shape index (κ1) is 20.8. The second kappa shape index (κ2) is 8.46. The van der Waals surface area contributed by atoms with Crippen molar-refractivity contribution < 1.29 is 14.5 Å². The van der Waals surface area contributed by atoms with Crippen LogP contribution < -0.4 is 16.4 Å². The quantitative estimate of drug-likeness (QED) is 0.503. The van der Waals surface area contributed by atoms with Gasteiger partial charge in [-0.25, -0.2) is 24.7 Å². The van der Waals surface area contributed by atoms with Crippen molar-refractivity contribution >= 4 is 29.0 Å². The highest BCUT2D eigenvalue weighted by atomic mass is 32.2. The molecule has 0 fully saturated rings. The largest absolute Gasteiger partial charge is 0.616 e. The van der Waals surface area contributed by atoms with Gasteiger partial charge in [0, 0.05) is 24.5 Å². The van der Waals surface area contributed by atoms with Gasteiger partial charge in [-0.05, 0) is 31.9 Å². The molecule has 0 saturated carbocycles. The Kier molecular flexibility index (Phi) is 6.52. The van der Waals surface area contributed by atoms with E-state index in [-0.39, 0.29) is 18.6 Å². The van der Waals surface area contributed by atoms with Crippen LogP contribution in [0, 0.1) is 0 Å². The third-order valence-electron chi connectivity index (χ3n) is 3.87. The van der Waals surface area contributed by atoms with Gasteiger partial charge in [0.05, 0.1) is 18.4 Å². The van der Waals surface area contributed by atoms with Crippen LogP contribution in [0.5, 0.6) is 0 Å². The summed E-state index contributed by atoms with van der Waals surface area (Å²) in [6.45, 7) is 5.38. The Morgan fingerprint density at radius 2 is 2.00 bits per heavy atom. The van der Waals surface area contributed by atoms with E-state index >= 15 is 0 Å². The van der Waals surface area contributed by atoms with E-state index in [0.717, 1.165) is 0 Å². The summed E-state index contributed by atoms with van der Waals surface area (Å²) in [5, 5.41) is 14.6. The maximum absolute atomic E-state index is 12.2. The Bertz CT molecular complexity index is 799. The predicted molar refractivity (Wildman–Crippen MR) is 104 cm³/mol. The van der Waals surface area contributed by atoms with Gasteiger partial charge in [-0.3, -0.25) is 5.32 Å². The molecule has 0 saturated heterocycles. The molecule has 27 heavy (non-hydrogen) atoms. The summed E-state index contributed by atoms with van der Waals surface area (Å²) in [5.41, 5.74) is 6.11. The summed E-state index contributed by atoms with van der Waals surface area (Å²) in [4.78, 5) is 27.8. The molecule has 5 N–H and O–H groups in total. The van der Waals surface area contributed by atoms with Gasteiger partial charge >= 0.3 is 6.03 Å². The van der Waals surface area contributed by atoms with Gasteiger partial charge in [0.25, 0.3) is 0 Å². The highest BCUT2D eigenvalue weighted by molar-refractivity contribution is 7.91. The molecule has 146 valence electrons. The second-order valence-corrected chi connectivity index (χ2v) is 8.37. The number of carbonyl (C=O) groups is 1. The standard InChI is InChI=1S/C16H23N7O3S/c1-9(8-24)20-12-5-11(16(2,3)27(4)26)21-13(22-12)10-6-18-15(19-7-10)23-14(17)25/h5-7,9,24H,8H2,1-4H3,(H,20,21,22)(H3,17,18,19,23,25)/t9-,27?/m0/s1. The molecule has 0 bridgehead atoms. The van der Waals surface area contributed by atoms with E-state index in [9.17, 15) is 14.5 Å². The fourth-order valence-corrected chi connectivity index (χ4v) is 2.42. The molecule has 1 unspecified atom stereocenters. The molecule has 0 aliphatic rings. The molecule has 2 amide bonds. The van der Waals surface area contributed by atoms with E-state index < -0.39 is 22.0 Å². The number of nitrogens with one attached hydrogen (secondary N) is 2. The number of hydrogen-bond acceptors (Lipinski definition) is 8. The van der Waals surface area contributed by atoms with E-state index in [1.807, 2.05) is 13.8 Å². The highest BCUT2D eigenvalue weighted by Gasteiger charge is 2.33. The highest BCUT2D eigenvalue weighted by Crippen LogP contribution is 2.30. The maximum atomic E-state index is 12.2. The van der Waals surface area contributed by atoms with Crippen LogP contribution >= 0.6 is 0 Å². The number of anilines is 2. The lowest BCUT2D eigenvalue weighted by Gasteiger charge is -2.26. The van der Waals surface area contributed by atoms with E-state index in [1.165, 1.54) is 12.4 Å². The molecule has 0 aromatic carbocycles. The molecule has 2 heterocycles. The number of amides is 2. The normalized spacial score (nSPS) is 13.7. The lowest BCUT2D eigenvalue weighted by molar-refractivity contribution is 0.259. The summed E-state index contributed by atoms with van der Waals surface area (Å²) in [7, 11) is 0. The minimum Gasteiger partial charge on any atom is -0.616 e. The Labute approximate surface area is 160 Å². The van der Waals surface area contributed by atoms with Crippen molar-refractivity contribution in [3.05, 3.63) is 24.2 Å². The fourth-order valence-electron chi connectivity index (χ4n) is 2.02. The molecule has 0 aliphatic heterocycles. The number of carbonyl (C=O) groups excluding carboxylic acids is 1. The number of aliphatic hydroxyl groups is 1. The number of nitrogens with zero attached hydrogens (tertiary/aromatic N) is 4. The molecule has 2 rings (SSSR count). The third-order valence-corrected chi connectivity index (χ3v) is 5.52. The van der Waals surface area contributed by atoms with Gasteiger partial charge in [0.2, 0.25) is 5.95 Å². The van der Waals surface area contributed by atoms with Crippen molar-refractivity contribution in [3.63, 3.8) is 0 Å². The molecule has 2 atom stereocenters. The van der Waals surface area contributed by atoms with Crippen molar-refractivity contribution in [2.75, 3.05) is 23.5 Å². The number of primary amides is 1. The van der Waals surface area contributed by atoms with Gasteiger partial charge in [-0.2, -0.15) is 0 Å².